The second-order valence-electron chi connectivity index (χ2n) is 5.36. The number of nitro benzene ring substituents is 1. The predicted molar refractivity (Wildman–Crippen MR) is 85.4 cm³/mol. The lowest BCUT2D eigenvalue weighted by Gasteiger charge is -2.32. The molecule has 0 bridgehead atoms. The molecule has 1 aromatic rings. The maximum atomic E-state index is 10.9. The molecule has 0 amide bonds. The van der Waals surface area contributed by atoms with Crippen LogP contribution in [0.2, 0.25) is 10.0 Å². The third-order valence-electron chi connectivity index (χ3n) is 3.86. The summed E-state index contributed by atoms with van der Waals surface area (Å²) in [6.45, 7) is 5.25. The van der Waals surface area contributed by atoms with E-state index in [4.69, 9.17) is 23.2 Å². The van der Waals surface area contributed by atoms with Crippen LogP contribution in [0.1, 0.15) is 12.0 Å². The van der Waals surface area contributed by atoms with Crippen molar-refractivity contribution in [1.29, 1.82) is 0 Å². The van der Waals surface area contributed by atoms with Gasteiger partial charge >= 0.3 is 0 Å². The molecule has 1 aliphatic heterocycles. The van der Waals surface area contributed by atoms with E-state index in [0.717, 1.165) is 39.1 Å². The Hall–Kier alpha value is -0.880. The number of rotatable bonds is 5. The number of hydrogen-bond acceptors (Lipinski definition) is 4. The second-order valence-corrected chi connectivity index (χ2v) is 6.15. The highest BCUT2D eigenvalue weighted by Crippen LogP contribution is 2.33. The third kappa shape index (κ3) is 4.30. The Morgan fingerprint density at radius 3 is 2.52 bits per heavy atom. The summed E-state index contributed by atoms with van der Waals surface area (Å²) in [7, 11) is 2.12. The summed E-state index contributed by atoms with van der Waals surface area (Å²) in [6.07, 6.45) is 1.55. The number of benzene rings is 1. The van der Waals surface area contributed by atoms with Crippen LogP contribution in [0, 0.1) is 10.1 Å². The maximum Gasteiger partial charge on any atom is 0.288 e. The van der Waals surface area contributed by atoms with Crippen LogP contribution in [0.15, 0.2) is 12.1 Å². The second kappa shape index (κ2) is 7.40. The fourth-order valence-corrected chi connectivity index (χ4v) is 3.14. The van der Waals surface area contributed by atoms with Crippen molar-refractivity contribution in [3.05, 3.63) is 37.9 Å². The van der Waals surface area contributed by atoms with Crippen molar-refractivity contribution >= 4 is 28.9 Å². The maximum absolute atomic E-state index is 10.9. The Labute approximate surface area is 134 Å². The van der Waals surface area contributed by atoms with Gasteiger partial charge in [-0.05, 0) is 38.1 Å². The van der Waals surface area contributed by atoms with Gasteiger partial charge < -0.3 is 9.80 Å². The van der Waals surface area contributed by atoms with Crippen molar-refractivity contribution in [3.63, 3.8) is 0 Å². The molecule has 1 saturated heterocycles. The van der Waals surface area contributed by atoms with E-state index in [0.29, 0.717) is 17.0 Å². The Morgan fingerprint density at radius 2 is 1.90 bits per heavy atom. The summed E-state index contributed by atoms with van der Waals surface area (Å²) < 4.78 is 0. The topological polar surface area (TPSA) is 49.6 Å². The number of piperazine rings is 1. The summed E-state index contributed by atoms with van der Waals surface area (Å²) >= 11 is 12.2. The molecule has 1 fully saturated rings. The molecule has 21 heavy (non-hydrogen) atoms. The summed E-state index contributed by atoms with van der Waals surface area (Å²) in [6, 6.07) is 2.91. The zero-order chi connectivity index (χ0) is 15.4. The van der Waals surface area contributed by atoms with Crippen molar-refractivity contribution < 1.29 is 4.92 Å². The summed E-state index contributed by atoms with van der Waals surface area (Å²) in [5.41, 5.74) is 0.609. The summed E-state index contributed by atoms with van der Waals surface area (Å²) in [4.78, 5) is 15.1. The Morgan fingerprint density at radius 1 is 1.24 bits per heavy atom. The minimum Gasteiger partial charge on any atom is -0.304 e. The first-order chi connectivity index (χ1) is 9.99. The first-order valence-electron chi connectivity index (χ1n) is 7.01. The molecule has 0 saturated carbocycles. The van der Waals surface area contributed by atoms with Crippen LogP contribution >= 0.6 is 23.2 Å². The van der Waals surface area contributed by atoms with Gasteiger partial charge in [-0.1, -0.05) is 23.2 Å². The van der Waals surface area contributed by atoms with Gasteiger partial charge in [-0.25, -0.2) is 0 Å². The summed E-state index contributed by atoms with van der Waals surface area (Å²) in [5, 5.41) is 11.6. The van der Waals surface area contributed by atoms with Crippen LogP contribution in [-0.4, -0.2) is 54.5 Å². The summed E-state index contributed by atoms with van der Waals surface area (Å²) in [5.74, 6) is 0. The molecule has 7 heteroatoms. The third-order valence-corrected chi connectivity index (χ3v) is 4.64. The van der Waals surface area contributed by atoms with Crippen molar-refractivity contribution in [2.75, 3.05) is 39.8 Å². The largest absolute Gasteiger partial charge is 0.304 e. The normalized spacial score (nSPS) is 17.1. The molecule has 0 radical (unpaired) electrons. The number of nitrogens with zero attached hydrogens (tertiary/aromatic N) is 3. The van der Waals surface area contributed by atoms with Crippen LogP contribution in [0.5, 0.6) is 0 Å². The minimum absolute atomic E-state index is 0.0735. The van der Waals surface area contributed by atoms with Gasteiger partial charge in [-0.3, -0.25) is 10.1 Å². The van der Waals surface area contributed by atoms with E-state index in [1.807, 2.05) is 0 Å². The number of hydrogen-bond donors (Lipinski definition) is 0. The monoisotopic (exact) mass is 331 g/mol. The average molecular weight is 332 g/mol. The van der Waals surface area contributed by atoms with Crippen LogP contribution in [0.3, 0.4) is 0 Å². The van der Waals surface area contributed by atoms with E-state index < -0.39 is 4.92 Å². The molecule has 0 spiro atoms. The van der Waals surface area contributed by atoms with Gasteiger partial charge in [0.25, 0.3) is 5.69 Å². The molecule has 116 valence electrons. The lowest BCUT2D eigenvalue weighted by atomic mass is 10.1. The Kier molecular flexibility index (Phi) is 5.81. The molecule has 0 unspecified atom stereocenters. The van der Waals surface area contributed by atoms with E-state index in [2.05, 4.69) is 16.8 Å². The van der Waals surface area contributed by atoms with Gasteiger partial charge in [0.05, 0.1) is 4.92 Å². The van der Waals surface area contributed by atoms with Crippen molar-refractivity contribution in [1.82, 2.24) is 9.80 Å². The Bertz CT molecular complexity index is 517. The molecule has 0 aliphatic carbocycles. The van der Waals surface area contributed by atoms with E-state index in [9.17, 15) is 10.1 Å². The molecule has 1 aliphatic rings. The highest BCUT2D eigenvalue weighted by molar-refractivity contribution is 6.37. The lowest BCUT2D eigenvalue weighted by molar-refractivity contribution is -0.384. The number of nitro groups is 1. The molecular weight excluding hydrogens is 313 g/mol. The van der Waals surface area contributed by atoms with Gasteiger partial charge in [-0.15, -0.1) is 0 Å². The SMILES string of the molecule is CN1CCN(CCCc2c(Cl)ccc([N+](=O)[O-])c2Cl)CC1. The number of likely N-dealkylation sites (N-methyl/N-ethyl adjacent to an activating group) is 1. The van der Waals surface area contributed by atoms with E-state index in [-0.39, 0.29) is 10.7 Å². The van der Waals surface area contributed by atoms with Crippen LogP contribution in [-0.2, 0) is 6.42 Å². The standard InChI is InChI=1S/C14H19Cl2N3O2/c1-17-7-9-18(10-8-17)6-2-3-11-12(15)4-5-13(14(11)16)19(20)21/h4-5H,2-3,6-10H2,1H3. The Balaban J connectivity index is 1.94. The van der Waals surface area contributed by atoms with Gasteiger partial charge in [0.1, 0.15) is 5.02 Å². The first kappa shape index (κ1) is 16.5. The van der Waals surface area contributed by atoms with E-state index in [1.54, 1.807) is 6.07 Å². The van der Waals surface area contributed by atoms with Crippen molar-refractivity contribution in [2.24, 2.45) is 0 Å². The molecule has 0 aromatic heterocycles. The van der Waals surface area contributed by atoms with Crippen molar-refractivity contribution in [3.8, 4) is 0 Å². The van der Waals surface area contributed by atoms with Gasteiger partial charge in [0.15, 0.2) is 0 Å². The fraction of sp³-hybridized carbons (Fsp3) is 0.571. The predicted octanol–water partition coefficient (Wildman–Crippen LogP) is 3.08. The highest BCUT2D eigenvalue weighted by Gasteiger charge is 2.19. The number of halogens is 2. The lowest BCUT2D eigenvalue weighted by Crippen LogP contribution is -2.44. The van der Waals surface area contributed by atoms with E-state index >= 15 is 0 Å². The first-order valence-corrected chi connectivity index (χ1v) is 7.77. The molecule has 1 aromatic carbocycles. The highest BCUT2D eigenvalue weighted by atomic mass is 35.5. The van der Waals surface area contributed by atoms with Gasteiger partial charge in [0, 0.05) is 37.3 Å². The molecule has 0 atom stereocenters. The molecule has 1 heterocycles. The van der Waals surface area contributed by atoms with Crippen molar-refractivity contribution in [2.45, 2.75) is 12.8 Å². The molecule has 2 rings (SSSR count). The molecule has 0 N–H and O–H groups in total. The molecule has 5 nitrogen and oxygen atoms in total. The van der Waals surface area contributed by atoms with Gasteiger partial charge in [-0.2, -0.15) is 0 Å². The molecular formula is C14H19Cl2N3O2. The average Bonchev–Trinajstić information content (AvgIpc) is 2.44. The van der Waals surface area contributed by atoms with Crippen LogP contribution in [0.4, 0.5) is 5.69 Å². The van der Waals surface area contributed by atoms with E-state index in [1.165, 1.54) is 6.07 Å². The van der Waals surface area contributed by atoms with Gasteiger partial charge in [0.2, 0.25) is 0 Å². The smallest absolute Gasteiger partial charge is 0.288 e. The quantitative estimate of drug-likeness (QED) is 0.614. The van der Waals surface area contributed by atoms with Crippen LogP contribution < -0.4 is 0 Å². The minimum atomic E-state index is -0.470. The van der Waals surface area contributed by atoms with Crippen LogP contribution in [0.25, 0.3) is 0 Å². The zero-order valence-corrected chi connectivity index (χ0v) is 13.5. The zero-order valence-electron chi connectivity index (χ0n) is 12.0. The fourth-order valence-electron chi connectivity index (χ4n) is 2.51.